The van der Waals surface area contributed by atoms with E-state index in [9.17, 15) is 14.4 Å². The third-order valence-electron chi connectivity index (χ3n) is 6.31. The fraction of sp³-hybridized carbons (Fsp3) is 0.385. The van der Waals surface area contributed by atoms with Gasteiger partial charge in [-0.05, 0) is 36.5 Å². The van der Waals surface area contributed by atoms with Gasteiger partial charge in [0.05, 0.1) is 32.2 Å². The van der Waals surface area contributed by atoms with Gasteiger partial charge in [-0.3, -0.25) is 4.79 Å². The Balaban J connectivity index is 1.49. The molecule has 190 valence electrons. The number of carbonyl (C=O) groups is 3. The number of nitrogens with zero attached hydrogens (tertiary/aromatic N) is 2. The highest BCUT2D eigenvalue weighted by Crippen LogP contribution is 2.33. The van der Waals surface area contributed by atoms with Gasteiger partial charge in [-0.25, -0.2) is 14.6 Å². The molecule has 10 heteroatoms. The SMILES string of the molecule is COC(=O)NC(C(=O)N1CCCC1c1ncc(-c2ccc(-c3ccc(C(=O)OC)o3)cc2)[nH]1)C(C)C. The second-order valence-corrected chi connectivity index (χ2v) is 8.96. The molecule has 2 aromatic heterocycles. The lowest BCUT2D eigenvalue weighted by atomic mass is 10.0. The van der Waals surface area contributed by atoms with Crippen LogP contribution in [0.4, 0.5) is 4.79 Å². The molecule has 0 aliphatic carbocycles. The molecule has 4 rings (SSSR count). The average molecular weight is 495 g/mol. The van der Waals surface area contributed by atoms with Crippen molar-refractivity contribution in [2.75, 3.05) is 20.8 Å². The van der Waals surface area contributed by atoms with Crippen LogP contribution in [-0.2, 0) is 14.3 Å². The zero-order valence-electron chi connectivity index (χ0n) is 20.7. The zero-order valence-corrected chi connectivity index (χ0v) is 20.7. The normalized spacial score (nSPS) is 16.1. The number of benzene rings is 1. The van der Waals surface area contributed by atoms with Gasteiger partial charge in [0.2, 0.25) is 11.7 Å². The van der Waals surface area contributed by atoms with Crippen LogP contribution in [0.3, 0.4) is 0 Å². The van der Waals surface area contributed by atoms with Crippen molar-refractivity contribution in [1.29, 1.82) is 0 Å². The number of aromatic nitrogens is 2. The third kappa shape index (κ3) is 5.12. The first-order valence-corrected chi connectivity index (χ1v) is 11.8. The number of amides is 2. The smallest absolute Gasteiger partial charge is 0.407 e. The van der Waals surface area contributed by atoms with Crippen LogP contribution in [0, 0.1) is 5.92 Å². The monoisotopic (exact) mass is 494 g/mol. The number of carbonyl (C=O) groups excluding carboxylic acids is 3. The van der Waals surface area contributed by atoms with E-state index in [-0.39, 0.29) is 23.6 Å². The molecule has 0 saturated carbocycles. The molecule has 2 atom stereocenters. The van der Waals surface area contributed by atoms with Gasteiger partial charge < -0.3 is 29.1 Å². The first-order chi connectivity index (χ1) is 17.3. The maximum Gasteiger partial charge on any atom is 0.407 e. The molecule has 2 unspecified atom stereocenters. The van der Waals surface area contributed by atoms with Crippen molar-refractivity contribution in [2.45, 2.75) is 38.8 Å². The van der Waals surface area contributed by atoms with Crippen molar-refractivity contribution >= 4 is 18.0 Å². The fourth-order valence-electron chi connectivity index (χ4n) is 4.36. The van der Waals surface area contributed by atoms with Crippen molar-refractivity contribution in [3.8, 4) is 22.6 Å². The molecule has 3 heterocycles. The van der Waals surface area contributed by atoms with E-state index in [1.54, 1.807) is 23.2 Å². The van der Waals surface area contributed by atoms with Crippen LogP contribution in [0.5, 0.6) is 0 Å². The summed E-state index contributed by atoms with van der Waals surface area (Å²) in [7, 11) is 2.58. The van der Waals surface area contributed by atoms with Gasteiger partial charge >= 0.3 is 12.1 Å². The second kappa shape index (κ2) is 10.7. The molecule has 0 radical (unpaired) electrons. The lowest BCUT2D eigenvalue weighted by Gasteiger charge is -2.30. The van der Waals surface area contributed by atoms with Crippen molar-refractivity contribution in [3.05, 3.63) is 54.2 Å². The van der Waals surface area contributed by atoms with E-state index >= 15 is 0 Å². The number of alkyl carbamates (subject to hydrolysis) is 1. The number of esters is 1. The Labute approximate surface area is 209 Å². The maximum absolute atomic E-state index is 13.3. The van der Waals surface area contributed by atoms with Gasteiger partial charge in [-0.2, -0.15) is 0 Å². The number of aromatic amines is 1. The molecule has 0 bridgehead atoms. The quantitative estimate of drug-likeness (QED) is 0.472. The summed E-state index contributed by atoms with van der Waals surface area (Å²) in [6.07, 6.45) is 2.75. The largest absolute Gasteiger partial charge is 0.463 e. The standard InChI is InChI=1S/C26H30N4O6/c1-15(2)22(29-26(33)35-4)24(31)30-13-5-6-19(30)23-27-14-18(28-23)16-7-9-17(10-8-16)20-11-12-21(36-20)25(32)34-3/h7-12,14-15,19,22H,5-6,13H2,1-4H3,(H,27,28)(H,29,33). The van der Waals surface area contributed by atoms with Gasteiger partial charge in [0, 0.05) is 12.1 Å². The number of hydrogen-bond donors (Lipinski definition) is 2. The van der Waals surface area contributed by atoms with Crippen LogP contribution in [0.2, 0.25) is 0 Å². The summed E-state index contributed by atoms with van der Waals surface area (Å²) in [5.41, 5.74) is 2.55. The summed E-state index contributed by atoms with van der Waals surface area (Å²) < 4.78 is 15.0. The number of hydrogen-bond acceptors (Lipinski definition) is 7. The first kappa shape index (κ1) is 25.0. The molecule has 2 N–H and O–H groups in total. The van der Waals surface area contributed by atoms with Gasteiger partial charge in [-0.15, -0.1) is 0 Å². The van der Waals surface area contributed by atoms with Crippen molar-refractivity contribution in [2.24, 2.45) is 5.92 Å². The molecule has 1 aliphatic heterocycles. The van der Waals surface area contributed by atoms with E-state index in [2.05, 4.69) is 20.0 Å². The number of nitrogens with one attached hydrogen (secondary N) is 2. The van der Waals surface area contributed by atoms with Crippen molar-refractivity contribution < 1.29 is 28.3 Å². The summed E-state index contributed by atoms with van der Waals surface area (Å²) in [6.45, 7) is 4.37. The fourth-order valence-corrected chi connectivity index (χ4v) is 4.36. The predicted octanol–water partition coefficient (Wildman–Crippen LogP) is 4.17. The number of ether oxygens (including phenoxy) is 2. The van der Waals surface area contributed by atoms with Crippen LogP contribution in [0.1, 0.15) is 49.1 Å². The Morgan fingerprint density at radius 2 is 1.81 bits per heavy atom. The molecule has 1 fully saturated rings. The maximum atomic E-state index is 13.3. The van der Waals surface area contributed by atoms with E-state index in [0.717, 1.165) is 29.7 Å². The lowest BCUT2D eigenvalue weighted by molar-refractivity contribution is -0.135. The number of methoxy groups -OCH3 is 2. The Morgan fingerprint density at radius 1 is 1.08 bits per heavy atom. The minimum Gasteiger partial charge on any atom is -0.463 e. The predicted molar refractivity (Wildman–Crippen MR) is 131 cm³/mol. The topological polar surface area (TPSA) is 127 Å². The van der Waals surface area contributed by atoms with E-state index in [0.29, 0.717) is 18.1 Å². The molecule has 10 nitrogen and oxygen atoms in total. The van der Waals surface area contributed by atoms with Gasteiger partial charge in [-0.1, -0.05) is 38.1 Å². The molecule has 0 spiro atoms. The number of furan rings is 1. The van der Waals surface area contributed by atoms with Crippen LogP contribution >= 0.6 is 0 Å². The van der Waals surface area contributed by atoms with Crippen LogP contribution < -0.4 is 5.32 Å². The van der Waals surface area contributed by atoms with Gasteiger partial charge in [0.1, 0.15) is 17.6 Å². The highest BCUT2D eigenvalue weighted by atomic mass is 16.5. The van der Waals surface area contributed by atoms with E-state index in [4.69, 9.17) is 9.15 Å². The summed E-state index contributed by atoms with van der Waals surface area (Å²) in [5.74, 6) is 0.642. The second-order valence-electron chi connectivity index (χ2n) is 8.96. The Hall–Kier alpha value is -4.08. The molecular formula is C26H30N4O6. The molecule has 2 amide bonds. The minimum absolute atomic E-state index is 0.0959. The van der Waals surface area contributed by atoms with Crippen molar-refractivity contribution in [1.82, 2.24) is 20.2 Å². The summed E-state index contributed by atoms with van der Waals surface area (Å²) in [6, 6.07) is 10.1. The zero-order chi connectivity index (χ0) is 25.8. The van der Waals surface area contributed by atoms with E-state index in [1.807, 2.05) is 38.1 Å². The Kier molecular flexibility index (Phi) is 7.42. The van der Waals surface area contributed by atoms with Gasteiger partial charge in [0.25, 0.3) is 0 Å². The highest BCUT2D eigenvalue weighted by Gasteiger charge is 2.37. The number of rotatable bonds is 7. The molecule has 3 aromatic rings. The molecule has 1 aromatic carbocycles. The summed E-state index contributed by atoms with van der Waals surface area (Å²) in [5, 5.41) is 2.66. The van der Waals surface area contributed by atoms with E-state index < -0.39 is 18.1 Å². The van der Waals surface area contributed by atoms with Crippen LogP contribution in [0.25, 0.3) is 22.6 Å². The highest BCUT2D eigenvalue weighted by molar-refractivity contribution is 5.87. The number of H-pyrrole nitrogens is 1. The average Bonchev–Trinajstić information content (AvgIpc) is 3.66. The van der Waals surface area contributed by atoms with Crippen LogP contribution in [-0.4, -0.2) is 59.6 Å². The van der Waals surface area contributed by atoms with Gasteiger partial charge in [0.15, 0.2) is 0 Å². The minimum atomic E-state index is -0.679. The lowest BCUT2D eigenvalue weighted by Crippen LogP contribution is -2.51. The molecule has 36 heavy (non-hydrogen) atoms. The molecule has 1 aliphatic rings. The number of imidazole rings is 1. The number of likely N-dealkylation sites (tertiary alicyclic amines) is 1. The molecular weight excluding hydrogens is 464 g/mol. The Morgan fingerprint density at radius 3 is 2.47 bits per heavy atom. The first-order valence-electron chi connectivity index (χ1n) is 11.8. The summed E-state index contributed by atoms with van der Waals surface area (Å²) in [4.78, 5) is 46.4. The van der Waals surface area contributed by atoms with E-state index in [1.165, 1.54) is 14.2 Å². The summed E-state index contributed by atoms with van der Waals surface area (Å²) >= 11 is 0. The Bertz CT molecular complexity index is 1230. The third-order valence-corrected chi connectivity index (χ3v) is 6.31. The molecule has 1 saturated heterocycles. The van der Waals surface area contributed by atoms with Crippen molar-refractivity contribution in [3.63, 3.8) is 0 Å². The van der Waals surface area contributed by atoms with Crippen LogP contribution in [0.15, 0.2) is 47.0 Å².